The molecule has 1 saturated heterocycles. The van der Waals surface area contributed by atoms with Crippen LogP contribution in [-0.4, -0.2) is 78.4 Å². The van der Waals surface area contributed by atoms with Crippen LogP contribution in [0.2, 0.25) is 0 Å². The summed E-state index contributed by atoms with van der Waals surface area (Å²) in [5.41, 5.74) is 2.60. The van der Waals surface area contributed by atoms with Gasteiger partial charge in [0, 0.05) is 74.3 Å². The van der Waals surface area contributed by atoms with Crippen molar-refractivity contribution in [3.63, 3.8) is 0 Å². The highest BCUT2D eigenvalue weighted by molar-refractivity contribution is 5.83. The third-order valence-electron chi connectivity index (χ3n) is 7.80. The molecular weight excluding hydrogens is 516 g/mol. The zero-order valence-electron chi connectivity index (χ0n) is 22.8. The van der Waals surface area contributed by atoms with Gasteiger partial charge in [0.2, 0.25) is 5.95 Å². The fourth-order valence-electron chi connectivity index (χ4n) is 5.69. The lowest BCUT2D eigenvalue weighted by molar-refractivity contribution is 0.131. The molecule has 2 aliphatic heterocycles. The third kappa shape index (κ3) is 5.09. The molecule has 0 spiro atoms. The number of benzene rings is 1. The van der Waals surface area contributed by atoms with Crippen LogP contribution < -0.4 is 10.6 Å². The van der Waals surface area contributed by atoms with E-state index in [1.807, 2.05) is 11.5 Å². The van der Waals surface area contributed by atoms with Crippen LogP contribution in [-0.2, 0) is 6.54 Å². The van der Waals surface area contributed by atoms with Crippen LogP contribution in [0.3, 0.4) is 0 Å². The van der Waals surface area contributed by atoms with Gasteiger partial charge in [-0.05, 0) is 32.5 Å². The van der Waals surface area contributed by atoms with E-state index in [0.717, 1.165) is 50.2 Å². The van der Waals surface area contributed by atoms with E-state index in [-0.39, 0.29) is 28.8 Å². The number of aromatic nitrogens is 5. The number of hydrogen-bond donors (Lipinski definition) is 3. The van der Waals surface area contributed by atoms with Crippen molar-refractivity contribution in [3.05, 3.63) is 53.6 Å². The molecule has 1 unspecified atom stereocenters. The maximum Gasteiger partial charge on any atom is 0.229 e. The number of likely N-dealkylation sites (N-methyl/N-ethyl adjacent to an activating group) is 1. The molecule has 40 heavy (non-hydrogen) atoms. The Bertz CT molecular complexity index is 1550. The lowest BCUT2D eigenvalue weighted by atomic mass is 10.1. The zero-order valence-corrected chi connectivity index (χ0v) is 22.8. The summed E-state index contributed by atoms with van der Waals surface area (Å²) in [4.78, 5) is 22.2. The molecule has 6 bridgehead atoms. The Kier molecular flexibility index (Phi) is 7.07. The average molecular weight is 550 g/mol. The Balaban J connectivity index is 1.41. The summed E-state index contributed by atoms with van der Waals surface area (Å²) in [5, 5.41) is 17.5. The number of fused-ring (bicyclic) bond motifs is 6. The number of rotatable bonds is 3. The average Bonchev–Trinajstić information content (AvgIpc) is 3.27. The number of anilines is 3. The molecule has 4 aromatic rings. The molecule has 210 valence electrons. The predicted octanol–water partition coefficient (Wildman–Crippen LogP) is 4.05. The van der Waals surface area contributed by atoms with Crippen LogP contribution in [0.5, 0.6) is 0 Å². The van der Waals surface area contributed by atoms with E-state index in [9.17, 15) is 9.50 Å². The zero-order chi connectivity index (χ0) is 28.0. The molecule has 0 aliphatic carbocycles. The van der Waals surface area contributed by atoms with Gasteiger partial charge in [0.15, 0.2) is 11.6 Å². The molecule has 1 aromatic carbocycles. The Morgan fingerprint density at radius 3 is 2.55 bits per heavy atom. The fourth-order valence-corrected chi connectivity index (χ4v) is 5.69. The molecule has 5 heterocycles. The summed E-state index contributed by atoms with van der Waals surface area (Å²) >= 11 is 0. The Morgan fingerprint density at radius 1 is 1.00 bits per heavy atom. The highest BCUT2D eigenvalue weighted by atomic mass is 19.1. The minimum atomic E-state index is -0.911. The largest absolute Gasteiger partial charge is 0.374 e. The number of aliphatic hydroxyl groups is 1. The Labute approximate surface area is 231 Å². The first-order chi connectivity index (χ1) is 19.3. The van der Waals surface area contributed by atoms with Crippen LogP contribution in [0, 0.1) is 18.6 Å². The molecule has 6 rings (SSSR count). The van der Waals surface area contributed by atoms with Crippen molar-refractivity contribution in [1.29, 1.82) is 0 Å². The van der Waals surface area contributed by atoms with Crippen LogP contribution in [0.4, 0.5) is 26.2 Å². The van der Waals surface area contributed by atoms with Crippen LogP contribution in [0.25, 0.3) is 22.3 Å². The van der Waals surface area contributed by atoms with E-state index in [0.29, 0.717) is 30.1 Å². The summed E-state index contributed by atoms with van der Waals surface area (Å²) in [5.74, 6) is -0.0999. The summed E-state index contributed by atoms with van der Waals surface area (Å²) in [6.07, 6.45) is 2.24. The van der Waals surface area contributed by atoms with Crippen molar-refractivity contribution in [2.24, 2.45) is 0 Å². The standard InChI is InChI=1S/C28H33F2N9O/c1-4-37-5-7-38(8-6-37)15-19-13-31-24-12-22(19)34-25(40)9-16(2)39-17(3)33-27-20(29)10-18(11-23(27)39)26-21(30)14-32-28(35-24)36-26/h10-14,16,25,34,40H,4-9,15H2,1-3H3,(H,31,32,35,36)/t16-,25?/m0/s1. The first kappa shape index (κ1) is 26.5. The van der Waals surface area contributed by atoms with Gasteiger partial charge in [-0.3, -0.25) is 4.90 Å². The minimum absolute atomic E-state index is 0.0348. The van der Waals surface area contributed by atoms with Crippen molar-refractivity contribution < 1.29 is 13.9 Å². The quantitative estimate of drug-likeness (QED) is 0.349. The number of aryl methyl sites for hydroxylation is 1. The maximum absolute atomic E-state index is 15.2. The van der Waals surface area contributed by atoms with E-state index in [1.54, 1.807) is 25.3 Å². The Morgan fingerprint density at radius 2 is 1.77 bits per heavy atom. The number of pyridine rings is 1. The second-order valence-electron chi connectivity index (χ2n) is 10.6. The van der Waals surface area contributed by atoms with Crippen molar-refractivity contribution in [3.8, 4) is 11.3 Å². The fraction of sp³-hybridized carbons (Fsp3) is 0.429. The van der Waals surface area contributed by atoms with Crippen LogP contribution >= 0.6 is 0 Å². The van der Waals surface area contributed by atoms with E-state index < -0.39 is 17.9 Å². The summed E-state index contributed by atoms with van der Waals surface area (Å²) < 4.78 is 32.0. The molecule has 0 saturated carbocycles. The van der Waals surface area contributed by atoms with Crippen LogP contribution in [0.15, 0.2) is 30.6 Å². The number of nitrogens with one attached hydrogen (secondary N) is 2. The number of aliphatic hydroxyl groups excluding tert-OH is 1. The third-order valence-corrected chi connectivity index (χ3v) is 7.80. The van der Waals surface area contributed by atoms with E-state index >= 15 is 4.39 Å². The highest BCUT2D eigenvalue weighted by Crippen LogP contribution is 2.32. The second kappa shape index (κ2) is 10.7. The van der Waals surface area contributed by atoms with E-state index in [2.05, 4.69) is 47.3 Å². The van der Waals surface area contributed by atoms with Crippen molar-refractivity contribution >= 4 is 28.5 Å². The van der Waals surface area contributed by atoms with Gasteiger partial charge in [0.1, 0.15) is 29.1 Å². The van der Waals surface area contributed by atoms with Gasteiger partial charge in [0.05, 0.1) is 11.7 Å². The second-order valence-corrected chi connectivity index (χ2v) is 10.6. The lowest BCUT2D eigenvalue weighted by Crippen LogP contribution is -2.45. The van der Waals surface area contributed by atoms with Gasteiger partial charge in [-0.1, -0.05) is 6.92 Å². The maximum atomic E-state index is 15.2. The number of halogens is 2. The summed E-state index contributed by atoms with van der Waals surface area (Å²) in [7, 11) is 0. The first-order valence-corrected chi connectivity index (χ1v) is 13.6. The van der Waals surface area contributed by atoms with Gasteiger partial charge in [-0.25, -0.2) is 28.7 Å². The molecule has 0 amide bonds. The van der Waals surface area contributed by atoms with Crippen molar-refractivity contribution in [2.45, 2.75) is 46.0 Å². The Hall–Kier alpha value is -3.74. The van der Waals surface area contributed by atoms with Crippen molar-refractivity contribution in [1.82, 2.24) is 34.3 Å². The number of hydrogen-bond acceptors (Lipinski definition) is 9. The molecule has 3 N–H and O–H groups in total. The number of imidazole rings is 1. The monoisotopic (exact) mass is 549 g/mol. The molecular formula is C28H33F2N9O. The molecule has 1 fully saturated rings. The van der Waals surface area contributed by atoms with Gasteiger partial charge in [-0.2, -0.15) is 0 Å². The molecule has 0 radical (unpaired) electrons. The topological polar surface area (TPSA) is 107 Å². The highest BCUT2D eigenvalue weighted by Gasteiger charge is 2.23. The predicted molar refractivity (Wildman–Crippen MR) is 149 cm³/mol. The van der Waals surface area contributed by atoms with E-state index in [1.165, 1.54) is 6.07 Å². The minimum Gasteiger partial charge on any atom is -0.374 e. The van der Waals surface area contributed by atoms with Gasteiger partial charge >= 0.3 is 0 Å². The summed E-state index contributed by atoms with van der Waals surface area (Å²) in [6, 6.07) is 4.47. The number of piperazine rings is 1. The van der Waals surface area contributed by atoms with Crippen molar-refractivity contribution in [2.75, 3.05) is 43.4 Å². The van der Waals surface area contributed by atoms with Gasteiger partial charge in [-0.15, -0.1) is 0 Å². The first-order valence-electron chi connectivity index (χ1n) is 13.6. The van der Waals surface area contributed by atoms with Gasteiger partial charge < -0.3 is 25.2 Å². The smallest absolute Gasteiger partial charge is 0.229 e. The number of nitrogens with zero attached hydrogens (tertiary/aromatic N) is 7. The van der Waals surface area contributed by atoms with E-state index in [4.69, 9.17) is 0 Å². The molecule has 2 atom stereocenters. The lowest BCUT2D eigenvalue weighted by Gasteiger charge is -2.34. The molecule has 12 heteroatoms. The SMILES string of the molecule is CCN1CCN(Cc2cnc3cc2NC(O)C[C@H](C)n2c(C)nc4c(F)cc(cc42)-c2nc(ncc2F)N3)CC1. The molecule has 2 aliphatic rings. The van der Waals surface area contributed by atoms with Gasteiger partial charge in [0.25, 0.3) is 0 Å². The van der Waals surface area contributed by atoms with Crippen LogP contribution in [0.1, 0.15) is 37.7 Å². The molecule has 10 nitrogen and oxygen atoms in total. The molecule has 3 aromatic heterocycles. The summed E-state index contributed by atoms with van der Waals surface area (Å²) in [6.45, 7) is 11.6. The normalized spacial score (nSPS) is 20.1.